The van der Waals surface area contributed by atoms with Gasteiger partial charge in [0.15, 0.2) is 0 Å². The van der Waals surface area contributed by atoms with E-state index in [0.717, 1.165) is 11.7 Å². The van der Waals surface area contributed by atoms with Crippen LogP contribution in [0.4, 0.5) is 0 Å². The minimum atomic E-state index is 0.260. The summed E-state index contributed by atoms with van der Waals surface area (Å²) in [5.74, 6) is 0. The molecule has 0 aliphatic rings. The van der Waals surface area contributed by atoms with E-state index in [1.54, 1.807) is 12.5 Å². The van der Waals surface area contributed by atoms with Gasteiger partial charge < -0.3 is 0 Å². The fourth-order valence-electron chi connectivity index (χ4n) is 0.336. The molecule has 0 aromatic carbocycles. The van der Waals surface area contributed by atoms with E-state index < -0.39 is 0 Å². The standard InChI is InChI=1S/C4H3N2OS/c7-2-1-4-3-5-8-6-4/h3H,1H2. The highest BCUT2D eigenvalue weighted by atomic mass is 32.1. The maximum absolute atomic E-state index is 9.68. The third-order valence-electron chi connectivity index (χ3n) is 0.660. The highest BCUT2D eigenvalue weighted by Crippen LogP contribution is 1.92. The summed E-state index contributed by atoms with van der Waals surface area (Å²) < 4.78 is 7.47. The van der Waals surface area contributed by atoms with Gasteiger partial charge in [0.05, 0.1) is 30.0 Å². The van der Waals surface area contributed by atoms with Gasteiger partial charge in [0.1, 0.15) is 0 Å². The number of rotatable bonds is 2. The minimum absolute atomic E-state index is 0.260. The third kappa shape index (κ3) is 1.10. The Morgan fingerprint density at radius 3 is 3.25 bits per heavy atom. The van der Waals surface area contributed by atoms with Crippen molar-refractivity contribution in [2.24, 2.45) is 0 Å². The summed E-state index contributed by atoms with van der Waals surface area (Å²) in [6.07, 6.45) is 3.55. The van der Waals surface area contributed by atoms with Crippen LogP contribution in [0.2, 0.25) is 0 Å². The van der Waals surface area contributed by atoms with Crippen LogP contribution in [-0.2, 0) is 11.2 Å². The lowest BCUT2D eigenvalue weighted by atomic mass is 10.4. The van der Waals surface area contributed by atoms with E-state index in [9.17, 15) is 4.79 Å². The third-order valence-corrected chi connectivity index (χ3v) is 1.18. The van der Waals surface area contributed by atoms with Crippen molar-refractivity contribution >= 4 is 18.0 Å². The van der Waals surface area contributed by atoms with Crippen molar-refractivity contribution in [2.75, 3.05) is 0 Å². The summed E-state index contributed by atoms with van der Waals surface area (Å²) >= 11 is 1.10. The topological polar surface area (TPSA) is 42.9 Å². The molecule has 3 nitrogen and oxygen atoms in total. The molecule has 0 aliphatic heterocycles. The fourth-order valence-corrected chi connectivity index (χ4v) is 0.768. The van der Waals surface area contributed by atoms with Gasteiger partial charge in [-0.1, -0.05) is 0 Å². The Morgan fingerprint density at radius 1 is 1.88 bits per heavy atom. The van der Waals surface area contributed by atoms with Crippen molar-refractivity contribution in [3.63, 3.8) is 0 Å². The maximum atomic E-state index is 9.68. The Morgan fingerprint density at radius 2 is 2.75 bits per heavy atom. The monoisotopic (exact) mass is 127 g/mol. The van der Waals surface area contributed by atoms with Crippen LogP contribution < -0.4 is 0 Å². The molecule has 0 fully saturated rings. The quantitative estimate of drug-likeness (QED) is 0.569. The van der Waals surface area contributed by atoms with Crippen LogP contribution in [0.15, 0.2) is 6.20 Å². The van der Waals surface area contributed by atoms with Crippen LogP contribution in [-0.4, -0.2) is 15.0 Å². The predicted molar refractivity (Wildman–Crippen MR) is 29.3 cm³/mol. The second-order valence-electron chi connectivity index (χ2n) is 1.22. The minimum Gasteiger partial charge on any atom is -0.290 e. The van der Waals surface area contributed by atoms with Gasteiger partial charge in [-0.05, 0) is 0 Å². The Hall–Kier alpha value is -0.770. The van der Waals surface area contributed by atoms with E-state index in [2.05, 4.69) is 8.75 Å². The lowest BCUT2D eigenvalue weighted by molar-refractivity contribution is 0.555. The number of hydrogen-bond acceptors (Lipinski definition) is 4. The zero-order valence-electron chi connectivity index (χ0n) is 4.00. The average Bonchev–Trinajstić information content (AvgIpc) is 2.19. The molecule has 8 heavy (non-hydrogen) atoms. The first-order valence-electron chi connectivity index (χ1n) is 2.05. The summed E-state index contributed by atoms with van der Waals surface area (Å²) in [6.45, 7) is 0. The zero-order valence-corrected chi connectivity index (χ0v) is 4.81. The van der Waals surface area contributed by atoms with E-state index in [4.69, 9.17) is 0 Å². The second kappa shape index (κ2) is 2.52. The average molecular weight is 127 g/mol. The first-order valence-corrected chi connectivity index (χ1v) is 2.78. The molecule has 0 bridgehead atoms. The first kappa shape index (κ1) is 5.37. The van der Waals surface area contributed by atoms with E-state index in [-0.39, 0.29) is 6.42 Å². The Bertz CT molecular complexity index is 161. The van der Waals surface area contributed by atoms with Gasteiger partial charge in [0, 0.05) is 0 Å². The first-order chi connectivity index (χ1) is 3.93. The molecule has 0 saturated heterocycles. The predicted octanol–water partition coefficient (Wildman–Crippen LogP) is 0.190. The molecule has 4 heteroatoms. The largest absolute Gasteiger partial charge is 0.290 e. The molecular formula is C4H3N2OS. The molecule has 0 aliphatic carbocycles. The van der Waals surface area contributed by atoms with Crippen molar-refractivity contribution < 1.29 is 4.79 Å². The van der Waals surface area contributed by atoms with Crippen molar-refractivity contribution in [1.29, 1.82) is 0 Å². The Balaban J connectivity index is 2.62. The van der Waals surface area contributed by atoms with Crippen LogP contribution in [0, 0.1) is 0 Å². The molecule has 0 atom stereocenters. The van der Waals surface area contributed by atoms with Crippen molar-refractivity contribution in [3.8, 4) is 0 Å². The molecule has 1 radical (unpaired) electrons. The van der Waals surface area contributed by atoms with E-state index >= 15 is 0 Å². The van der Waals surface area contributed by atoms with Crippen molar-refractivity contribution in [1.82, 2.24) is 8.75 Å². The molecule has 41 valence electrons. The van der Waals surface area contributed by atoms with E-state index in [1.807, 2.05) is 0 Å². The molecule has 0 N–H and O–H groups in total. The summed E-state index contributed by atoms with van der Waals surface area (Å²) in [6, 6.07) is 0. The van der Waals surface area contributed by atoms with Gasteiger partial charge in [-0.2, -0.15) is 8.75 Å². The SMILES string of the molecule is O=[C]Cc1cnsn1. The van der Waals surface area contributed by atoms with Crippen molar-refractivity contribution in [3.05, 3.63) is 11.9 Å². The van der Waals surface area contributed by atoms with Gasteiger partial charge in [0.2, 0.25) is 6.29 Å². The zero-order chi connectivity index (χ0) is 5.82. The molecule has 1 aromatic rings. The van der Waals surface area contributed by atoms with Crippen LogP contribution >= 0.6 is 11.7 Å². The van der Waals surface area contributed by atoms with Crippen LogP contribution in [0.25, 0.3) is 0 Å². The summed E-state index contributed by atoms with van der Waals surface area (Å²) in [5.41, 5.74) is 0.699. The lowest BCUT2D eigenvalue weighted by Crippen LogP contribution is -1.82. The summed E-state index contributed by atoms with van der Waals surface area (Å²) in [4.78, 5) is 9.68. The highest BCUT2D eigenvalue weighted by molar-refractivity contribution is 6.99. The molecule has 0 amide bonds. The summed E-state index contributed by atoms with van der Waals surface area (Å²) in [7, 11) is 0. The van der Waals surface area contributed by atoms with Crippen LogP contribution in [0.5, 0.6) is 0 Å². The highest BCUT2D eigenvalue weighted by Gasteiger charge is 1.91. The van der Waals surface area contributed by atoms with Gasteiger partial charge >= 0.3 is 0 Å². The number of aromatic nitrogens is 2. The Labute approximate surface area is 50.7 Å². The van der Waals surface area contributed by atoms with Crippen LogP contribution in [0.1, 0.15) is 5.69 Å². The smallest absolute Gasteiger partial charge is 0.204 e. The fraction of sp³-hybridized carbons (Fsp3) is 0.250. The molecular weight excluding hydrogens is 124 g/mol. The van der Waals surface area contributed by atoms with Gasteiger partial charge in [-0.3, -0.25) is 4.79 Å². The van der Waals surface area contributed by atoms with E-state index in [1.165, 1.54) is 0 Å². The molecule has 0 spiro atoms. The Kier molecular flexibility index (Phi) is 1.69. The molecule has 1 heterocycles. The number of hydrogen-bond donors (Lipinski definition) is 0. The second-order valence-corrected chi connectivity index (χ2v) is 1.78. The summed E-state index contributed by atoms with van der Waals surface area (Å²) in [5, 5.41) is 0. The van der Waals surface area contributed by atoms with Gasteiger partial charge in [-0.15, -0.1) is 0 Å². The van der Waals surface area contributed by atoms with Gasteiger partial charge in [-0.25, -0.2) is 0 Å². The number of nitrogens with zero attached hydrogens (tertiary/aromatic N) is 2. The molecule has 1 aromatic heterocycles. The van der Waals surface area contributed by atoms with Crippen LogP contribution in [0.3, 0.4) is 0 Å². The molecule has 1 rings (SSSR count). The molecule has 0 unspecified atom stereocenters. The number of carbonyl (C=O) groups excluding carboxylic acids is 1. The van der Waals surface area contributed by atoms with Gasteiger partial charge in [0.25, 0.3) is 0 Å². The normalized spacial score (nSPS) is 9.00. The lowest BCUT2D eigenvalue weighted by Gasteiger charge is -1.73. The van der Waals surface area contributed by atoms with Crippen molar-refractivity contribution in [2.45, 2.75) is 6.42 Å². The van der Waals surface area contributed by atoms with E-state index in [0.29, 0.717) is 5.69 Å². The maximum Gasteiger partial charge on any atom is 0.204 e. The molecule has 0 saturated carbocycles.